The van der Waals surface area contributed by atoms with Crippen LogP contribution in [0, 0.1) is 0 Å². The summed E-state index contributed by atoms with van der Waals surface area (Å²) in [4.78, 5) is 28.9. The number of nitrogens with one attached hydrogen (secondary N) is 1. The second-order valence-corrected chi connectivity index (χ2v) is 6.39. The van der Waals surface area contributed by atoms with Gasteiger partial charge in [-0.15, -0.1) is 0 Å². The fourth-order valence-corrected chi connectivity index (χ4v) is 2.96. The van der Waals surface area contributed by atoms with Gasteiger partial charge in [0, 0.05) is 25.1 Å². The number of anilines is 1. The SMILES string of the molecule is CC.O=c1c(=O)n(C2(CF)CC2)ccn1Cc1ccc(N2C=CCN2)cn1. The molecule has 1 N–H and O–H groups in total. The molecule has 0 bridgehead atoms. The zero-order valence-corrected chi connectivity index (χ0v) is 15.6. The lowest BCUT2D eigenvalue weighted by atomic mass is 10.3. The summed E-state index contributed by atoms with van der Waals surface area (Å²) in [6.45, 7) is 4.34. The van der Waals surface area contributed by atoms with Crippen LogP contribution in [-0.2, 0) is 12.1 Å². The highest BCUT2D eigenvalue weighted by Crippen LogP contribution is 2.42. The summed E-state index contributed by atoms with van der Waals surface area (Å²) in [5, 5.41) is 1.86. The van der Waals surface area contributed by atoms with E-state index in [0.717, 1.165) is 12.2 Å². The van der Waals surface area contributed by atoms with Crippen molar-refractivity contribution in [3.8, 4) is 0 Å². The van der Waals surface area contributed by atoms with E-state index in [1.54, 1.807) is 6.20 Å². The number of alkyl halides is 1. The zero-order chi connectivity index (χ0) is 19.4. The van der Waals surface area contributed by atoms with Gasteiger partial charge in [0.25, 0.3) is 0 Å². The molecule has 2 aliphatic rings. The predicted molar refractivity (Wildman–Crippen MR) is 102 cm³/mol. The lowest BCUT2D eigenvalue weighted by Crippen LogP contribution is -2.45. The van der Waals surface area contributed by atoms with Crippen molar-refractivity contribution < 1.29 is 4.39 Å². The van der Waals surface area contributed by atoms with Gasteiger partial charge in [0.2, 0.25) is 0 Å². The Kier molecular flexibility index (Phi) is 5.55. The van der Waals surface area contributed by atoms with Crippen molar-refractivity contribution in [3.63, 3.8) is 0 Å². The molecule has 8 heteroatoms. The molecule has 0 atom stereocenters. The highest BCUT2D eigenvalue weighted by molar-refractivity contribution is 5.47. The number of halogens is 1. The van der Waals surface area contributed by atoms with Gasteiger partial charge in [0.15, 0.2) is 0 Å². The molecular weight excluding hydrogens is 349 g/mol. The van der Waals surface area contributed by atoms with Gasteiger partial charge in [-0.25, -0.2) is 9.82 Å². The van der Waals surface area contributed by atoms with Crippen LogP contribution in [0.2, 0.25) is 0 Å². The maximum Gasteiger partial charge on any atom is 0.317 e. The molecule has 144 valence electrons. The topological polar surface area (TPSA) is 72.2 Å². The fourth-order valence-electron chi connectivity index (χ4n) is 2.96. The highest BCUT2D eigenvalue weighted by Gasteiger charge is 2.45. The molecule has 0 radical (unpaired) electrons. The van der Waals surface area contributed by atoms with Crippen LogP contribution in [0.5, 0.6) is 0 Å². The lowest BCUT2D eigenvalue weighted by Gasteiger charge is -2.16. The minimum atomic E-state index is -0.800. The molecule has 27 heavy (non-hydrogen) atoms. The van der Waals surface area contributed by atoms with E-state index >= 15 is 0 Å². The molecule has 0 unspecified atom stereocenters. The number of rotatable bonds is 5. The minimum Gasteiger partial charge on any atom is -0.303 e. The van der Waals surface area contributed by atoms with Crippen molar-refractivity contribution in [1.29, 1.82) is 0 Å². The summed E-state index contributed by atoms with van der Waals surface area (Å²) < 4.78 is 15.7. The number of hydrazine groups is 1. The van der Waals surface area contributed by atoms with Crippen LogP contribution in [-0.4, -0.2) is 27.3 Å². The van der Waals surface area contributed by atoms with Gasteiger partial charge in [0.05, 0.1) is 29.7 Å². The first-order chi connectivity index (χ1) is 13.1. The Morgan fingerprint density at radius 2 is 1.96 bits per heavy atom. The third kappa shape index (κ3) is 3.71. The largest absolute Gasteiger partial charge is 0.317 e. The van der Waals surface area contributed by atoms with Gasteiger partial charge < -0.3 is 9.13 Å². The van der Waals surface area contributed by atoms with Crippen molar-refractivity contribution >= 4 is 5.69 Å². The van der Waals surface area contributed by atoms with E-state index in [1.165, 1.54) is 21.5 Å². The molecule has 0 aromatic carbocycles. The molecule has 0 spiro atoms. The number of nitrogens with zero attached hydrogens (tertiary/aromatic N) is 4. The zero-order valence-electron chi connectivity index (χ0n) is 15.6. The summed E-state index contributed by atoms with van der Waals surface area (Å²) in [5.74, 6) is 0. The van der Waals surface area contributed by atoms with E-state index in [-0.39, 0.29) is 6.54 Å². The molecule has 4 rings (SSSR count). The molecular formula is C19H24FN5O2. The Morgan fingerprint density at radius 3 is 2.52 bits per heavy atom. The fraction of sp³-hybridized carbons (Fsp3) is 0.421. The van der Waals surface area contributed by atoms with Crippen LogP contribution in [0.3, 0.4) is 0 Å². The van der Waals surface area contributed by atoms with Crippen LogP contribution in [0.1, 0.15) is 32.4 Å². The second-order valence-electron chi connectivity index (χ2n) is 6.39. The van der Waals surface area contributed by atoms with E-state index in [1.807, 2.05) is 43.3 Å². The van der Waals surface area contributed by atoms with Gasteiger partial charge >= 0.3 is 11.1 Å². The van der Waals surface area contributed by atoms with Crippen LogP contribution in [0.15, 0.2) is 52.6 Å². The molecule has 3 heterocycles. The summed E-state index contributed by atoms with van der Waals surface area (Å²) in [6.07, 6.45) is 9.83. The molecule has 1 fully saturated rings. The first-order valence-corrected chi connectivity index (χ1v) is 9.16. The quantitative estimate of drug-likeness (QED) is 0.809. The Balaban J connectivity index is 0.00000102. The Morgan fingerprint density at radius 1 is 1.19 bits per heavy atom. The summed E-state index contributed by atoms with van der Waals surface area (Å²) >= 11 is 0. The van der Waals surface area contributed by atoms with Gasteiger partial charge in [-0.1, -0.05) is 19.9 Å². The summed E-state index contributed by atoms with van der Waals surface area (Å²) in [6, 6.07) is 3.70. The summed E-state index contributed by atoms with van der Waals surface area (Å²) in [5.41, 5.74) is 2.56. The highest BCUT2D eigenvalue weighted by atomic mass is 19.1. The average Bonchev–Trinajstić information content (AvgIpc) is 3.31. The number of hydrogen-bond donors (Lipinski definition) is 1. The second kappa shape index (κ2) is 7.87. The normalized spacial score (nSPS) is 16.8. The van der Waals surface area contributed by atoms with Gasteiger partial charge in [-0.3, -0.25) is 19.6 Å². The Hall–Kier alpha value is -2.74. The molecule has 2 aromatic rings. The van der Waals surface area contributed by atoms with Crippen molar-refractivity contribution in [3.05, 3.63) is 69.4 Å². The average molecular weight is 373 g/mol. The molecule has 0 saturated heterocycles. The molecule has 0 amide bonds. The van der Waals surface area contributed by atoms with Gasteiger partial charge in [-0.2, -0.15) is 0 Å². The van der Waals surface area contributed by atoms with Crippen LogP contribution < -0.4 is 21.6 Å². The van der Waals surface area contributed by atoms with Crippen LogP contribution in [0.4, 0.5) is 10.1 Å². The monoisotopic (exact) mass is 373 g/mol. The molecule has 7 nitrogen and oxygen atoms in total. The molecule has 1 saturated carbocycles. The first kappa shape index (κ1) is 19.0. The molecule has 2 aromatic heterocycles. The number of aromatic nitrogens is 3. The van der Waals surface area contributed by atoms with E-state index in [9.17, 15) is 14.0 Å². The maximum absolute atomic E-state index is 13.2. The van der Waals surface area contributed by atoms with Gasteiger partial charge in [-0.05, 0) is 25.0 Å². The Bertz CT molecular complexity index is 928. The predicted octanol–water partition coefficient (Wildman–Crippen LogP) is 1.78. The van der Waals surface area contributed by atoms with Crippen molar-refractivity contribution in [2.75, 3.05) is 18.2 Å². The third-order valence-electron chi connectivity index (χ3n) is 4.70. The molecule has 1 aliphatic carbocycles. The van der Waals surface area contributed by atoms with E-state index < -0.39 is 23.3 Å². The summed E-state index contributed by atoms with van der Waals surface area (Å²) in [7, 11) is 0. The van der Waals surface area contributed by atoms with Crippen molar-refractivity contribution in [1.82, 2.24) is 19.5 Å². The first-order valence-electron chi connectivity index (χ1n) is 9.16. The van der Waals surface area contributed by atoms with Crippen LogP contribution >= 0.6 is 0 Å². The maximum atomic E-state index is 13.2. The number of hydrogen-bond acceptors (Lipinski definition) is 5. The van der Waals surface area contributed by atoms with Crippen molar-refractivity contribution in [2.24, 2.45) is 0 Å². The standard InChI is InChI=1S/C17H18FN5O2.C2H6/c18-12-17(4-5-17)22-9-8-21(15(24)16(22)25)11-13-2-3-14(10-19-13)23-7-1-6-20-23;1-2/h1-3,7-10,20H,4-6,11-12H2;1-2H3. The lowest BCUT2D eigenvalue weighted by molar-refractivity contribution is 0.326. The van der Waals surface area contributed by atoms with E-state index in [2.05, 4.69) is 10.4 Å². The minimum absolute atomic E-state index is 0.196. The smallest absolute Gasteiger partial charge is 0.303 e. The Labute approximate surface area is 156 Å². The van der Waals surface area contributed by atoms with E-state index in [4.69, 9.17) is 0 Å². The van der Waals surface area contributed by atoms with Crippen molar-refractivity contribution in [2.45, 2.75) is 38.8 Å². The van der Waals surface area contributed by atoms with Crippen LogP contribution in [0.25, 0.3) is 0 Å². The third-order valence-corrected chi connectivity index (χ3v) is 4.70. The van der Waals surface area contributed by atoms with E-state index in [0.29, 0.717) is 18.5 Å². The molecule has 1 aliphatic heterocycles. The van der Waals surface area contributed by atoms with Gasteiger partial charge in [0.1, 0.15) is 6.67 Å². The number of pyridine rings is 1.